The number of nitrogens with zero attached hydrogens (tertiary/aromatic N) is 3. The van der Waals surface area contributed by atoms with Crippen molar-refractivity contribution in [2.45, 2.75) is 13.5 Å². The highest BCUT2D eigenvalue weighted by atomic mass is 16.5. The van der Waals surface area contributed by atoms with Crippen LogP contribution in [0, 0.1) is 6.92 Å². The lowest BCUT2D eigenvalue weighted by Gasteiger charge is -2.15. The number of hydrogen-bond donors (Lipinski definition) is 0. The molecule has 0 spiro atoms. The molecule has 0 unspecified atom stereocenters. The second-order valence-corrected chi connectivity index (χ2v) is 6.42. The fraction of sp³-hybridized carbons (Fsp3) is 0.150. The summed E-state index contributed by atoms with van der Waals surface area (Å²) in [6.45, 7) is 1.26. The van der Waals surface area contributed by atoms with E-state index in [1.807, 2.05) is 13.0 Å². The highest BCUT2D eigenvalue weighted by Gasteiger charge is 2.36. The van der Waals surface area contributed by atoms with Crippen molar-refractivity contribution in [2.75, 3.05) is 11.4 Å². The van der Waals surface area contributed by atoms with Crippen LogP contribution in [-0.2, 0) is 20.9 Å². The SMILES string of the molecule is Cc1ccc2nc(COC(=O)CN3C(=O)C(=O)c4ccccc43)cc(=O)n2c1. The molecular formula is C20H15N3O5. The highest BCUT2D eigenvalue weighted by Crippen LogP contribution is 2.28. The number of pyridine rings is 1. The predicted octanol–water partition coefficient (Wildman–Crippen LogP) is 1.28. The molecule has 2 aromatic heterocycles. The van der Waals surface area contributed by atoms with Crippen LogP contribution < -0.4 is 10.5 Å². The van der Waals surface area contributed by atoms with E-state index < -0.39 is 24.2 Å². The monoisotopic (exact) mass is 377 g/mol. The first kappa shape index (κ1) is 17.6. The maximum Gasteiger partial charge on any atom is 0.326 e. The molecule has 140 valence electrons. The lowest BCUT2D eigenvalue weighted by Crippen LogP contribution is -2.35. The lowest BCUT2D eigenvalue weighted by atomic mass is 10.1. The van der Waals surface area contributed by atoms with Crippen LogP contribution in [0.1, 0.15) is 21.6 Å². The van der Waals surface area contributed by atoms with Crippen LogP contribution >= 0.6 is 0 Å². The summed E-state index contributed by atoms with van der Waals surface area (Å²) in [5, 5.41) is 0. The number of rotatable bonds is 4. The summed E-state index contributed by atoms with van der Waals surface area (Å²) in [5.41, 5.74) is 2.02. The molecule has 1 aliphatic heterocycles. The number of carbonyl (C=O) groups excluding carboxylic acids is 3. The van der Waals surface area contributed by atoms with Gasteiger partial charge in [0.15, 0.2) is 0 Å². The summed E-state index contributed by atoms with van der Waals surface area (Å²) >= 11 is 0. The van der Waals surface area contributed by atoms with Gasteiger partial charge in [-0.15, -0.1) is 0 Å². The fourth-order valence-electron chi connectivity index (χ4n) is 3.07. The van der Waals surface area contributed by atoms with Gasteiger partial charge in [0.2, 0.25) is 0 Å². The molecule has 0 fully saturated rings. The molecule has 0 saturated carbocycles. The second kappa shape index (κ2) is 6.73. The lowest BCUT2D eigenvalue weighted by molar-refractivity contribution is -0.144. The highest BCUT2D eigenvalue weighted by molar-refractivity contribution is 6.52. The van der Waals surface area contributed by atoms with E-state index in [0.29, 0.717) is 17.0 Å². The number of amides is 1. The molecule has 0 atom stereocenters. The zero-order valence-electron chi connectivity index (χ0n) is 14.9. The van der Waals surface area contributed by atoms with Crippen LogP contribution in [0.4, 0.5) is 5.69 Å². The molecule has 4 rings (SSSR count). The Kier molecular flexibility index (Phi) is 4.23. The summed E-state index contributed by atoms with van der Waals surface area (Å²) in [7, 11) is 0. The molecule has 1 aromatic carbocycles. The number of esters is 1. The van der Waals surface area contributed by atoms with Crippen molar-refractivity contribution in [3.05, 3.63) is 75.8 Å². The normalized spacial score (nSPS) is 13.1. The Bertz CT molecular complexity index is 1200. The summed E-state index contributed by atoms with van der Waals surface area (Å²) in [5.74, 6) is -2.12. The van der Waals surface area contributed by atoms with Crippen LogP contribution in [0.2, 0.25) is 0 Å². The number of para-hydroxylation sites is 1. The van der Waals surface area contributed by atoms with Gasteiger partial charge in [-0.2, -0.15) is 0 Å². The zero-order valence-corrected chi connectivity index (χ0v) is 14.9. The number of fused-ring (bicyclic) bond motifs is 2. The Hall–Kier alpha value is -3.81. The van der Waals surface area contributed by atoms with E-state index in [9.17, 15) is 19.2 Å². The Morgan fingerprint density at radius 3 is 2.71 bits per heavy atom. The molecule has 3 aromatic rings. The largest absolute Gasteiger partial charge is 0.458 e. The Labute approximate surface area is 159 Å². The minimum atomic E-state index is -0.768. The Balaban J connectivity index is 1.48. The minimum absolute atomic E-state index is 0.212. The van der Waals surface area contributed by atoms with Crippen molar-refractivity contribution >= 4 is 29.0 Å². The van der Waals surface area contributed by atoms with E-state index >= 15 is 0 Å². The number of anilines is 1. The number of aromatic nitrogens is 2. The molecule has 3 heterocycles. The molecule has 0 bridgehead atoms. The molecule has 0 saturated heterocycles. The van der Waals surface area contributed by atoms with Gasteiger partial charge in [0.25, 0.3) is 17.2 Å². The molecule has 1 aliphatic rings. The molecule has 8 heteroatoms. The summed E-state index contributed by atoms with van der Waals surface area (Å²) < 4.78 is 6.57. The first-order valence-corrected chi connectivity index (χ1v) is 8.54. The van der Waals surface area contributed by atoms with Crippen LogP contribution in [0.15, 0.2) is 53.5 Å². The van der Waals surface area contributed by atoms with E-state index in [-0.39, 0.29) is 17.7 Å². The van der Waals surface area contributed by atoms with E-state index in [0.717, 1.165) is 10.5 Å². The van der Waals surface area contributed by atoms with Crippen molar-refractivity contribution < 1.29 is 19.1 Å². The van der Waals surface area contributed by atoms with Gasteiger partial charge in [-0.05, 0) is 30.7 Å². The Morgan fingerprint density at radius 1 is 1.11 bits per heavy atom. The van der Waals surface area contributed by atoms with Gasteiger partial charge in [-0.1, -0.05) is 18.2 Å². The second-order valence-electron chi connectivity index (χ2n) is 6.42. The van der Waals surface area contributed by atoms with Gasteiger partial charge < -0.3 is 4.74 Å². The molecule has 8 nitrogen and oxygen atoms in total. The molecule has 0 aliphatic carbocycles. The maximum atomic E-state index is 12.2. The number of ketones is 1. The number of benzene rings is 1. The van der Waals surface area contributed by atoms with Gasteiger partial charge in [0, 0.05) is 12.3 Å². The van der Waals surface area contributed by atoms with E-state index in [4.69, 9.17) is 4.74 Å². The van der Waals surface area contributed by atoms with Crippen LogP contribution in [0.3, 0.4) is 0 Å². The van der Waals surface area contributed by atoms with Gasteiger partial charge >= 0.3 is 5.97 Å². The van der Waals surface area contributed by atoms with Crippen molar-refractivity contribution in [1.82, 2.24) is 9.38 Å². The van der Waals surface area contributed by atoms with Crippen LogP contribution in [0.25, 0.3) is 5.65 Å². The van der Waals surface area contributed by atoms with Crippen molar-refractivity contribution in [3.8, 4) is 0 Å². The summed E-state index contributed by atoms with van der Waals surface area (Å²) in [6.07, 6.45) is 1.67. The first-order valence-electron chi connectivity index (χ1n) is 8.54. The van der Waals surface area contributed by atoms with E-state index in [1.165, 1.54) is 16.5 Å². The molecule has 1 amide bonds. The van der Waals surface area contributed by atoms with Gasteiger partial charge in [-0.25, -0.2) is 4.98 Å². The van der Waals surface area contributed by atoms with Gasteiger partial charge in [-0.3, -0.25) is 28.5 Å². The molecule has 0 N–H and O–H groups in total. The summed E-state index contributed by atoms with van der Waals surface area (Å²) in [6, 6.07) is 11.3. The standard InChI is InChI=1S/C20H15N3O5/c1-12-6-7-16-21-13(8-17(24)23(16)9-12)11-28-18(25)10-22-15-5-3-2-4-14(15)19(26)20(22)27/h2-9H,10-11H2,1H3. The maximum absolute atomic E-state index is 12.2. The van der Waals surface area contributed by atoms with E-state index in [1.54, 1.807) is 30.5 Å². The Morgan fingerprint density at radius 2 is 1.89 bits per heavy atom. The molecule has 0 radical (unpaired) electrons. The van der Waals surface area contributed by atoms with Crippen molar-refractivity contribution in [1.29, 1.82) is 0 Å². The third kappa shape index (κ3) is 3.05. The van der Waals surface area contributed by atoms with E-state index in [2.05, 4.69) is 4.98 Å². The number of Topliss-reactive ketones (excluding diaryl/α,β-unsaturated/α-hetero) is 1. The summed E-state index contributed by atoms with van der Waals surface area (Å²) in [4.78, 5) is 53.8. The smallest absolute Gasteiger partial charge is 0.326 e. The van der Waals surface area contributed by atoms with Crippen LogP contribution in [-0.4, -0.2) is 33.6 Å². The third-order valence-corrected chi connectivity index (χ3v) is 4.41. The number of carbonyl (C=O) groups is 3. The van der Waals surface area contributed by atoms with Gasteiger partial charge in [0.05, 0.1) is 16.9 Å². The predicted molar refractivity (Wildman–Crippen MR) is 99.1 cm³/mol. The topological polar surface area (TPSA) is 98.0 Å². The number of hydrogen-bond acceptors (Lipinski definition) is 6. The average Bonchev–Trinajstić information content (AvgIpc) is 2.92. The molecule has 28 heavy (non-hydrogen) atoms. The fourth-order valence-corrected chi connectivity index (χ4v) is 3.07. The first-order chi connectivity index (χ1) is 13.4. The van der Waals surface area contributed by atoms with Crippen LogP contribution in [0.5, 0.6) is 0 Å². The van der Waals surface area contributed by atoms with Gasteiger partial charge in [0.1, 0.15) is 18.8 Å². The zero-order chi connectivity index (χ0) is 19.8. The third-order valence-electron chi connectivity index (χ3n) is 4.41. The minimum Gasteiger partial charge on any atom is -0.458 e. The number of aryl methyl sites for hydroxylation is 1. The quantitative estimate of drug-likeness (QED) is 0.502. The average molecular weight is 377 g/mol. The van der Waals surface area contributed by atoms with Crippen molar-refractivity contribution in [3.63, 3.8) is 0 Å². The number of ether oxygens (including phenoxy) is 1. The van der Waals surface area contributed by atoms with Crippen molar-refractivity contribution in [2.24, 2.45) is 0 Å². The molecular weight excluding hydrogens is 362 g/mol.